The lowest BCUT2D eigenvalue weighted by Crippen LogP contribution is -2.30. The minimum absolute atomic E-state index is 0.0894. The molecule has 0 heterocycles. The Labute approximate surface area is 95.8 Å². The summed E-state index contributed by atoms with van der Waals surface area (Å²) in [6.07, 6.45) is 6.05. The average Bonchev–Trinajstić information content (AvgIpc) is 2.86. The first kappa shape index (κ1) is 10.3. The maximum atomic E-state index is 13.6. The number of nitrogens with two attached hydrogens (primary N) is 1. The molecule has 0 aromatic heterocycles. The zero-order valence-corrected chi connectivity index (χ0v) is 9.45. The molecule has 2 fully saturated rings. The monoisotopic (exact) mass is 219 g/mol. The summed E-state index contributed by atoms with van der Waals surface area (Å²) in [5.74, 6) is 0.976. The van der Waals surface area contributed by atoms with Crippen molar-refractivity contribution in [1.29, 1.82) is 0 Å². The van der Waals surface area contributed by atoms with Gasteiger partial charge >= 0.3 is 0 Å². The molecule has 0 aliphatic heterocycles. The molecule has 16 heavy (non-hydrogen) atoms. The van der Waals surface area contributed by atoms with Crippen LogP contribution < -0.4 is 5.73 Å². The quantitative estimate of drug-likeness (QED) is 0.830. The second kappa shape index (κ2) is 3.56. The lowest BCUT2D eigenvalue weighted by Gasteiger charge is -2.28. The zero-order chi connectivity index (χ0) is 11.2. The van der Waals surface area contributed by atoms with Gasteiger partial charge in [-0.25, -0.2) is 4.39 Å². The molecular weight excluding hydrogens is 201 g/mol. The van der Waals surface area contributed by atoms with E-state index in [4.69, 9.17) is 5.73 Å². The molecule has 3 rings (SSSR count). The van der Waals surface area contributed by atoms with Gasteiger partial charge in [-0.05, 0) is 30.4 Å². The van der Waals surface area contributed by atoms with Crippen molar-refractivity contribution in [2.75, 3.05) is 0 Å². The van der Waals surface area contributed by atoms with E-state index in [1.165, 1.54) is 25.3 Å². The number of hydrogen-bond acceptors (Lipinski definition) is 1. The standard InChI is InChI=1S/C14H18FN/c15-13-7-2-1-6-11(13)12-9-14(12,16)8-10-4-3-5-10/h1-2,6-7,10,12H,3-5,8-9,16H2. The molecule has 0 saturated heterocycles. The molecule has 1 aromatic rings. The van der Waals surface area contributed by atoms with Crippen LogP contribution in [0.3, 0.4) is 0 Å². The van der Waals surface area contributed by atoms with E-state index in [1.54, 1.807) is 6.07 Å². The van der Waals surface area contributed by atoms with Crippen molar-refractivity contribution >= 4 is 0 Å². The molecule has 2 atom stereocenters. The molecule has 86 valence electrons. The van der Waals surface area contributed by atoms with Crippen LogP contribution in [-0.4, -0.2) is 5.54 Å². The molecule has 0 radical (unpaired) electrons. The van der Waals surface area contributed by atoms with Crippen molar-refractivity contribution < 1.29 is 4.39 Å². The highest BCUT2D eigenvalue weighted by Crippen LogP contribution is 2.55. The summed E-state index contributed by atoms with van der Waals surface area (Å²) in [6.45, 7) is 0. The summed E-state index contributed by atoms with van der Waals surface area (Å²) in [5.41, 5.74) is 7.06. The molecule has 1 nitrogen and oxygen atoms in total. The van der Waals surface area contributed by atoms with Crippen LogP contribution in [0.25, 0.3) is 0 Å². The summed E-state index contributed by atoms with van der Waals surface area (Å²) in [4.78, 5) is 0. The second-order valence-electron chi connectivity index (χ2n) is 5.51. The summed E-state index contributed by atoms with van der Waals surface area (Å²) in [5, 5.41) is 0. The molecule has 0 bridgehead atoms. The van der Waals surface area contributed by atoms with E-state index in [0.717, 1.165) is 24.3 Å². The minimum atomic E-state index is -0.104. The Morgan fingerprint density at radius 2 is 2.06 bits per heavy atom. The van der Waals surface area contributed by atoms with Gasteiger partial charge in [0.1, 0.15) is 5.82 Å². The first-order chi connectivity index (χ1) is 7.69. The van der Waals surface area contributed by atoms with Gasteiger partial charge in [0.2, 0.25) is 0 Å². The summed E-state index contributed by atoms with van der Waals surface area (Å²) in [6, 6.07) is 7.07. The summed E-state index contributed by atoms with van der Waals surface area (Å²) >= 11 is 0. The lowest BCUT2D eigenvalue weighted by atomic mass is 9.79. The number of hydrogen-bond donors (Lipinski definition) is 1. The van der Waals surface area contributed by atoms with Gasteiger partial charge in [0.05, 0.1) is 0 Å². The molecule has 2 saturated carbocycles. The van der Waals surface area contributed by atoms with E-state index in [1.807, 2.05) is 12.1 Å². The van der Waals surface area contributed by atoms with E-state index < -0.39 is 0 Å². The van der Waals surface area contributed by atoms with Gasteiger partial charge in [-0.15, -0.1) is 0 Å². The Bertz CT molecular complexity index is 399. The third-order valence-corrected chi connectivity index (χ3v) is 4.29. The lowest BCUT2D eigenvalue weighted by molar-refractivity contribution is 0.267. The van der Waals surface area contributed by atoms with Gasteiger partial charge in [-0.1, -0.05) is 37.5 Å². The molecular formula is C14H18FN. The van der Waals surface area contributed by atoms with Crippen LogP contribution in [0.4, 0.5) is 4.39 Å². The predicted molar refractivity (Wildman–Crippen MR) is 62.6 cm³/mol. The molecule has 2 aliphatic carbocycles. The number of benzene rings is 1. The zero-order valence-electron chi connectivity index (χ0n) is 9.45. The highest BCUT2D eigenvalue weighted by Gasteiger charge is 2.53. The van der Waals surface area contributed by atoms with Crippen LogP contribution in [0.1, 0.15) is 43.6 Å². The third-order valence-electron chi connectivity index (χ3n) is 4.29. The fraction of sp³-hybridized carbons (Fsp3) is 0.571. The van der Waals surface area contributed by atoms with E-state index >= 15 is 0 Å². The fourth-order valence-electron chi connectivity index (χ4n) is 2.96. The Kier molecular flexibility index (Phi) is 2.28. The summed E-state index contributed by atoms with van der Waals surface area (Å²) < 4.78 is 13.6. The van der Waals surface area contributed by atoms with Crippen LogP contribution in [0.15, 0.2) is 24.3 Å². The van der Waals surface area contributed by atoms with E-state index in [-0.39, 0.29) is 17.3 Å². The van der Waals surface area contributed by atoms with Crippen molar-refractivity contribution in [1.82, 2.24) is 0 Å². The van der Waals surface area contributed by atoms with Crippen molar-refractivity contribution in [3.8, 4) is 0 Å². The topological polar surface area (TPSA) is 26.0 Å². The summed E-state index contributed by atoms with van der Waals surface area (Å²) in [7, 11) is 0. The molecule has 1 aromatic carbocycles. The Morgan fingerprint density at radius 3 is 2.69 bits per heavy atom. The molecule has 2 unspecified atom stereocenters. The van der Waals surface area contributed by atoms with Crippen LogP contribution in [0.2, 0.25) is 0 Å². The highest BCUT2D eigenvalue weighted by molar-refractivity contribution is 5.34. The molecule has 0 spiro atoms. The van der Waals surface area contributed by atoms with Gasteiger partial charge < -0.3 is 5.73 Å². The number of rotatable bonds is 3. The fourth-order valence-corrected chi connectivity index (χ4v) is 2.96. The second-order valence-corrected chi connectivity index (χ2v) is 5.51. The van der Waals surface area contributed by atoms with Gasteiger partial charge in [-0.2, -0.15) is 0 Å². The van der Waals surface area contributed by atoms with Crippen molar-refractivity contribution in [2.45, 2.75) is 43.6 Å². The predicted octanol–water partition coefficient (Wildman–Crippen LogP) is 3.20. The molecule has 2 aliphatic rings. The third kappa shape index (κ3) is 1.65. The average molecular weight is 219 g/mol. The van der Waals surface area contributed by atoms with Crippen LogP contribution >= 0.6 is 0 Å². The molecule has 0 amide bonds. The maximum Gasteiger partial charge on any atom is 0.126 e. The van der Waals surface area contributed by atoms with Crippen LogP contribution in [0, 0.1) is 11.7 Å². The van der Waals surface area contributed by atoms with Crippen molar-refractivity contribution in [3.63, 3.8) is 0 Å². The first-order valence-electron chi connectivity index (χ1n) is 6.22. The van der Waals surface area contributed by atoms with Gasteiger partial charge in [-0.3, -0.25) is 0 Å². The van der Waals surface area contributed by atoms with E-state index in [2.05, 4.69) is 0 Å². The minimum Gasteiger partial charge on any atom is -0.325 e. The van der Waals surface area contributed by atoms with E-state index in [0.29, 0.717) is 0 Å². The smallest absolute Gasteiger partial charge is 0.126 e. The Morgan fingerprint density at radius 1 is 1.31 bits per heavy atom. The van der Waals surface area contributed by atoms with Crippen molar-refractivity contribution in [3.05, 3.63) is 35.6 Å². The van der Waals surface area contributed by atoms with Crippen LogP contribution in [0.5, 0.6) is 0 Å². The molecule has 2 heteroatoms. The Balaban J connectivity index is 1.72. The van der Waals surface area contributed by atoms with E-state index in [9.17, 15) is 4.39 Å². The van der Waals surface area contributed by atoms with Crippen LogP contribution in [-0.2, 0) is 0 Å². The Hall–Kier alpha value is -0.890. The highest BCUT2D eigenvalue weighted by atomic mass is 19.1. The largest absolute Gasteiger partial charge is 0.325 e. The van der Waals surface area contributed by atoms with Crippen molar-refractivity contribution in [2.24, 2.45) is 11.7 Å². The SMILES string of the molecule is NC1(CC2CCC2)CC1c1ccccc1F. The van der Waals surface area contributed by atoms with Gasteiger partial charge in [0.25, 0.3) is 0 Å². The first-order valence-corrected chi connectivity index (χ1v) is 6.22. The van der Waals surface area contributed by atoms with Gasteiger partial charge in [0.15, 0.2) is 0 Å². The normalized spacial score (nSPS) is 33.5. The van der Waals surface area contributed by atoms with Gasteiger partial charge in [0, 0.05) is 11.5 Å². The number of halogens is 1. The molecule has 2 N–H and O–H groups in total. The maximum absolute atomic E-state index is 13.6.